The average molecular weight is 320 g/mol. The van der Waals surface area contributed by atoms with E-state index in [0.29, 0.717) is 10.7 Å². The number of benzene rings is 1. The molecule has 2 aromatic rings. The van der Waals surface area contributed by atoms with Crippen molar-refractivity contribution in [1.29, 1.82) is 0 Å². The van der Waals surface area contributed by atoms with Gasteiger partial charge in [-0.15, -0.1) is 0 Å². The van der Waals surface area contributed by atoms with Crippen LogP contribution in [0.2, 0.25) is 5.02 Å². The zero-order chi connectivity index (χ0) is 15.5. The zero-order valence-electron chi connectivity index (χ0n) is 11.6. The van der Waals surface area contributed by atoms with Crippen LogP contribution in [0.4, 0.5) is 0 Å². The van der Waals surface area contributed by atoms with E-state index < -0.39 is 5.97 Å². The molecule has 1 amide bonds. The van der Waals surface area contributed by atoms with Crippen molar-refractivity contribution in [2.24, 2.45) is 0 Å². The molecule has 0 unspecified atom stereocenters. The lowest BCUT2D eigenvalue weighted by Crippen LogP contribution is -2.30. The Morgan fingerprint density at radius 2 is 2.05 bits per heavy atom. The quantitative estimate of drug-likeness (QED) is 0.827. The summed E-state index contributed by atoms with van der Waals surface area (Å²) in [4.78, 5) is 23.6. The molecule has 114 valence electrons. The van der Waals surface area contributed by atoms with E-state index in [2.05, 4.69) is 15.5 Å². The van der Waals surface area contributed by atoms with Crippen LogP contribution in [0.15, 0.2) is 30.5 Å². The highest BCUT2D eigenvalue weighted by Gasteiger charge is 2.24. The lowest BCUT2D eigenvalue weighted by atomic mass is 10.1. The number of amides is 1. The van der Waals surface area contributed by atoms with Crippen LogP contribution < -0.4 is 5.32 Å². The van der Waals surface area contributed by atoms with Crippen LogP contribution >= 0.6 is 11.6 Å². The molecule has 1 aromatic carbocycles. The van der Waals surface area contributed by atoms with E-state index in [1.165, 1.54) is 6.20 Å². The molecule has 1 fully saturated rings. The highest BCUT2D eigenvalue weighted by atomic mass is 35.5. The topological polar surface area (TPSA) is 84.1 Å². The van der Waals surface area contributed by atoms with Crippen molar-refractivity contribution in [1.82, 2.24) is 15.5 Å². The number of carbonyl (C=O) groups is 2. The van der Waals surface area contributed by atoms with Gasteiger partial charge in [-0.1, -0.05) is 23.7 Å². The molecule has 0 saturated heterocycles. The Bertz CT molecular complexity index is 692. The molecular formula is C15H14ClN3O3. The summed E-state index contributed by atoms with van der Waals surface area (Å²) in [6.07, 6.45) is 3.36. The van der Waals surface area contributed by atoms with Crippen LogP contribution in [0.25, 0.3) is 11.3 Å². The molecule has 1 aliphatic rings. The third-order valence-electron chi connectivity index (χ3n) is 3.27. The van der Waals surface area contributed by atoms with E-state index in [4.69, 9.17) is 16.3 Å². The Morgan fingerprint density at radius 1 is 1.32 bits per heavy atom. The second-order valence-electron chi connectivity index (χ2n) is 5.08. The number of hydrogen-bond acceptors (Lipinski definition) is 4. The summed E-state index contributed by atoms with van der Waals surface area (Å²) in [5.74, 6) is -0.878. The number of carbonyl (C=O) groups excluding carboxylic acids is 2. The summed E-state index contributed by atoms with van der Waals surface area (Å²) in [5, 5.41) is 9.98. The summed E-state index contributed by atoms with van der Waals surface area (Å²) < 4.78 is 5.03. The molecule has 6 nitrogen and oxygen atoms in total. The lowest BCUT2D eigenvalue weighted by molar-refractivity contribution is -0.124. The van der Waals surface area contributed by atoms with Gasteiger partial charge in [-0.05, 0) is 25.0 Å². The van der Waals surface area contributed by atoms with Gasteiger partial charge in [0, 0.05) is 16.6 Å². The summed E-state index contributed by atoms with van der Waals surface area (Å²) in [7, 11) is 0. The molecule has 0 radical (unpaired) electrons. The van der Waals surface area contributed by atoms with Gasteiger partial charge in [0.1, 0.15) is 5.56 Å². The van der Waals surface area contributed by atoms with Crippen molar-refractivity contribution in [3.8, 4) is 11.3 Å². The molecule has 22 heavy (non-hydrogen) atoms. The van der Waals surface area contributed by atoms with E-state index in [9.17, 15) is 9.59 Å². The number of rotatable bonds is 5. The van der Waals surface area contributed by atoms with Gasteiger partial charge in [0.05, 0.1) is 11.9 Å². The van der Waals surface area contributed by atoms with Crippen molar-refractivity contribution >= 4 is 23.5 Å². The van der Waals surface area contributed by atoms with Gasteiger partial charge in [-0.2, -0.15) is 5.10 Å². The Balaban J connectivity index is 1.66. The monoisotopic (exact) mass is 319 g/mol. The first-order valence-corrected chi connectivity index (χ1v) is 7.27. The molecule has 2 N–H and O–H groups in total. The number of hydrogen-bond donors (Lipinski definition) is 2. The highest BCUT2D eigenvalue weighted by molar-refractivity contribution is 6.30. The third-order valence-corrected chi connectivity index (χ3v) is 3.52. The Labute approximate surface area is 131 Å². The van der Waals surface area contributed by atoms with E-state index in [1.807, 2.05) is 0 Å². The molecule has 0 aliphatic heterocycles. The van der Waals surface area contributed by atoms with E-state index in [1.54, 1.807) is 24.3 Å². The van der Waals surface area contributed by atoms with Gasteiger partial charge in [-0.25, -0.2) is 4.79 Å². The van der Waals surface area contributed by atoms with Crippen molar-refractivity contribution in [3.63, 3.8) is 0 Å². The minimum atomic E-state index is -0.593. The smallest absolute Gasteiger partial charge is 0.342 e. The summed E-state index contributed by atoms with van der Waals surface area (Å²) >= 11 is 5.84. The number of ether oxygens (including phenoxy) is 1. The number of esters is 1. The number of aromatic nitrogens is 2. The van der Waals surface area contributed by atoms with Gasteiger partial charge in [0.25, 0.3) is 5.91 Å². The minimum absolute atomic E-state index is 0.241. The SMILES string of the molecule is O=C(COC(=O)c1cn[nH]c1-c1ccc(Cl)cc1)NC1CC1. The van der Waals surface area contributed by atoms with Gasteiger partial charge in [0.15, 0.2) is 6.61 Å². The van der Waals surface area contributed by atoms with E-state index >= 15 is 0 Å². The maximum Gasteiger partial charge on any atom is 0.342 e. The molecule has 0 bridgehead atoms. The maximum absolute atomic E-state index is 12.1. The predicted molar refractivity (Wildman–Crippen MR) is 80.5 cm³/mol. The van der Waals surface area contributed by atoms with E-state index in [0.717, 1.165) is 18.4 Å². The Morgan fingerprint density at radius 3 is 2.73 bits per heavy atom. The summed E-state index contributed by atoms with van der Waals surface area (Å²) in [5.41, 5.74) is 1.57. The van der Waals surface area contributed by atoms with Gasteiger partial charge in [0.2, 0.25) is 0 Å². The molecule has 0 atom stereocenters. The fourth-order valence-electron chi connectivity index (χ4n) is 1.98. The molecule has 1 aromatic heterocycles. The first-order chi connectivity index (χ1) is 10.6. The Kier molecular flexibility index (Phi) is 4.11. The zero-order valence-corrected chi connectivity index (χ0v) is 12.4. The van der Waals surface area contributed by atoms with Gasteiger partial charge >= 0.3 is 5.97 Å². The van der Waals surface area contributed by atoms with Crippen LogP contribution in [0.3, 0.4) is 0 Å². The van der Waals surface area contributed by atoms with Crippen LogP contribution in [-0.4, -0.2) is 34.7 Å². The minimum Gasteiger partial charge on any atom is -0.452 e. The summed E-state index contributed by atoms with van der Waals surface area (Å²) in [6.45, 7) is -0.291. The molecule has 1 saturated carbocycles. The maximum atomic E-state index is 12.1. The molecular weight excluding hydrogens is 306 g/mol. The highest BCUT2D eigenvalue weighted by Crippen LogP contribution is 2.23. The third kappa shape index (κ3) is 3.46. The fraction of sp³-hybridized carbons (Fsp3) is 0.267. The van der Waals surface area contributed by atoms with Gasteiger partial charge < -0.3 is 10.1 Å². The van der Waals surface area contributed by atoms with E-state index in [-0.39, 0.29) is 24.1 Å². The second kappa shape index (κ2) is 6.19. The number of halogens is 1. The number of nitrogens with one attached hydrogen (secondary N) is 2. The molecule has 0 spiro atoms. The first-order valence-electron chi connectivity index (χ1n) is 6.89. The normalized spacial score (nSPS) is 13.7. The fourth-order valence-corrected chi connectivity index (χ4v) is 2.11. The predicted octanol–water partition coefficient (Wildman–Crippen LogP) is 2.17. The van der Waals surface area contributed by atoms with Crippen LogP contribution in [0.5, 0.6) is 0 Å². The molecule has 1 aliphatic carbocycles. The van der Waals surface area contributed by atoms with Gasteiger partial charge in [-0.3, -0.25) is 9.89 Å². The molecule has 3 rings (SSSR count). The van der Waals surface area contributed by atoms with Crippen molar-refractivity contribution in [2.75, 3.05) is 6.61 Å². The molecule has 7 heteroatoms. The second-order valence-corrected chi connectivity index (χ2v) is 5.52. The number of aromatic amines is 1. The van der Waals surface area contributed by atoms with Crippen LogP contribution in [-0.2, 0) is 9.53 Å². The average Bonchev–Trinajstić information content (AvgIpc) is 3.18. The van der Waals surface area contributed by atoms with Crippen LogP contribution in [0, 0.1) is 0 Å². The van der Waals surface area contributed by atoms with Crippen molar-refractivity contribution in [2.45, 2.75) is 18.9 Å². The first kappa shape index (κ1) is 14.6. The van der Waals surface area contributed by atoms with Crippen molar-refractivity contribution in [3.05, 3.63) is 41.0 Å². The standard InChI is InChI=1S/C15H14ClN3O3/c16-10-3-1-9(2-4-10)14-12(7-17-19-14)15(21)22-8-13(20)18-11-5-6-11/h1-4,7,11H,5-6,8H2,(H,17,19)(H,18,20). The lowest BCUT2D eigenvalue weighted by Gasteiger charge is -2.06. The molecule has 1 heterocycles. The largest absolute Gasteiger partial charge is 0.452 e. The Hall–Kier alpha value is -2.34. The number of nitrogens with zero attached hydrogens (tertiary/aromatic N) is 1. The summed E-state index contributed by atoms with van der Waals surface area (Å²) in [6, 6.07) is 7.22. The van der Waals surface area contributed by atoms with Crippen LogP contribution in [0.1, 0.15) is 23.2 Å². The number of H-pyrrole nitrogens is 1. The van der Waals surface area contributed by atoms with Crippen molar-refractivity contribution < 1.29 is 14.3 Å².